The molecule has 2 aromatic heterocycles. The number of nitrogens with two attached hydrogens (primary N) is 1. The highest BCUT2D eigenvalue weighted by molar-refractivity contribution is 6.39. The molecule has 1 atom stereocenters. The van der Waals surface area contributed by atoms with Crippen LogP contribution in [0.1, 0.15) is 22.8 Å². The first-order valence-electron chi connectivity index (χ1n) is 9.72. The number of carbonyl (C=O) groups is 2. The van der Waals surface area contributed by atoms with Crippen molar-refractivity contribution in [1.82, 2.24) is 15.3 Å². The highest BCUT2D eigenvalue weighted by atomic mass is 35.5. The van der Waals surface area contributed by atoms with Crippen molar-refractivity contribution < 1.29 is 14.3 Å². The molecule has 0 fully saturated rings. The minimum absolute atomic E-state index is 0.0404. The molecule has 1 amide bonds. The number of nitrogens with zero attached hydrogens (tertiary/aromatic N) is 2. The van der Waals surface area contributed by atoms with Crippen LogP contribution in [-0.4, -0.2) is 34.5 Å². The maximum atomic E-state index is 12.8. The van der Waals surface area contributed by atoms with Crippen LogP contribution in [0.4, 0.5) is 17.2 Å². The van der Waals surface area contributed by atoms with E-state index in [4.69, 9.17) is 33.7 Å². The lowest BCUT2D eigenvalue weighted by Crippen LogP contribution is -2.43. The first-order valence-corrected chi connectivity index (χ1v) is 10.5. The highest BCUT2D eigenvalue weighted by Crippen LogP contribution is 2.24. The van der Waals surface area contributed by atoms with Crippen molar-refractivity contribution in [3.63, 3.8) is 0 Å². The second kappa shape index (κ2) is 10.8. The molecule has 4 N–H and O–H groups in total. The molecule has 0 saturated heterocycles. The minimum Gasteiger partial charge on any atom is -0.464 e. The van der Waals surface area contributed by atoms with Crippen molar-refractivity contribution in [2.75, 3.05) is 17.7 Å². The van der Waals surface area contributed by atoms with Crippen molar-refractivity contribution in [3.05, 3.63) is 76.2 Å². The molecule has 3 aromatic rings. The topological polar surface area (TPSA) is 119 Å². The van der Waals surface area contributed by atoms with Gasteiger partial charge in [0.05, 0.1) is 27.9 Å². The van der Waals surface area contributed by atoms with Crippen molar-refractivity contribution in [1.29, 1.82) is 0 Å². The second-order valence-electron chi connectivity index (χ2n) is 6.73. The molecule has 1 aromatic carbocycles. The Labute approximate surface area is 195 Å². The Morgan fingerprint density at radius 3 is 2.59 bits per heavy atom. The summed E-state index contributed by atoms with van der Waals surface area (Å²) < 4.78 is 5.14. The number of rotatable bonds is 8. The van der Waals surface area contributed by atoms with Crippen molar-refractivity contribution in [2.24, 2.45) is 0 Å². The van der Waals surface area contributed by atoms with E-state index in [1.54, 1.807) is 25.3 Å². The molecule has 166 valence electrons. The molecule has 0 unspecified atom stereocenters. The van der Waals surface area contributed by atoms with Gasteiger partial charge in [0, 0.05) is 30.7 Å². The number of nitrogen functional groups attached to an aromatic ring is 1. The van der Waals surface area contributed by atoms with Gasteiger partial charge >= 0.3 is 5.97 Å². The summed E-state index contributed by atoms with van der Waals surface area (Å²) in [4.78, 5) is 33.4. The van der Waals surface area contributed by atoms with Gasteiger partial charge in [-0.25, -0.2) is 9.78 Å². The Morgan fingerprint density at radius 2 is 1.91 bits per heavy atom. The molecule has 0 spiro atoms. The van der Waals surface area contributed by atoms with E-state index in [9.17, 15) is 9.59 Å². The predicted octanol–water partition coefficient (Wildman–Crippen LogP) is 4.01. The molecule has 0 aliphatic heterocycles. The molecule has 0 radical (unpaired) electrons. The molecule has 0 saturated carbocycles. The number of amides is 1. The quantitative estimate of drug-likeness (QED) is 0.422. The summed E-state index contributed by atoms with van der Waals surface area (Å²) in [6.07, 6.45) is 4.42. The van der Waals surface area contributed by atoms with Gasteiger partial charge in [-0.1, -0.05) is 35.3 Å². The fourth-order valence-corrected chi connectivity index (χ4v) is 3.50. The third-order valence-electron chi connectivity index (χ3n) is 4.43. The molecule has 0 bridgehead atoms. The standard InChI is InChI=1S/C22H21Cl2N5O3/c1-2-32-22(31)18(29-21(30)19-15(23)11-26-12-16(19)24)10-13-5-3-6-14(9-13)28-20-17(25)7-4-8-27-20/h3-9,11-12,18H,2,10,25H2,1H3,(H,27,28)(H,29,30)/t18-/m0/s1. The number of nitrogens with one attached hydrogen (secondary N) is 2. The van der Waals surface area contributed by atoms with Gasteiger partial charge in [-0.05, 0) is 36.8 Å². The molecule has 2 heterocycles. The fourth-order valence-electron chi connectivity index (χ4n) is 2.97. The smallest absolute Gasteiger partial charge is 0.328 e. The number of hydrogen-bond donors (Lipinski definition) is 3. The van der Waals surface area contributed by atoms with E-state index in [0.29, 0.717) is 11.5 Å². The van der Waals surface area contributed by atoms with Crippen LogP contribution in [-0.2, 0) is 16.0 Å². The van der Waals surface area contributed by atoms with Gasteiger partial charge in [-0.2, -0.15) is 0 Å². The van der Waals surface area contributed by atoms with Gasteiger partial charge in [0.15, 0.2) is 5.82 Å². The number of carbonyl (C=O) groups excluding carboxylic acids is 2. The third kappa shape index (κ3) is 5.87. The first-order chi connectivity index (χ1) is 15.4. The van der Waals surface area contributed by atoms with E-state index in [1.165, 1.54) is 12.4 Å². The summed E-state index contributed by atoms with van der Waals surface area (Å²) in [7, 11) is 0. The van der Waals surface area contributed by atoms with Crippen molar-refractivity contribution in [2.45, 2.75) is 19.4 Å². The van der Waals surface area contributed by atoms with E-state index in [1.807, 2.05) is 24.3 Å². The van der Waals surface area contributed by atoms with E-state index < -0.39 is 17.9 Å². The normalized spacial score (nSPS) is 11.5. The molecular weight excluding hydrogens is 453 g/mol. The number of pyridine rings is 2. The van der Waals surface area contributed by atoms with E-state index in [0.717, 1.165) is 11.3 Å². The lowest BCUT2D eigenvalue weighted by molar-refractivity contribution is -0.145. The number of esters is 1. The Balaban J connectivity index is 1.81. The zero-order chi connectivity index (χ0) is 23.1. The number of benzene rings is 1. The van der Waals surface area contributed by atoms with Gasteiger partial charge in [0.1, 0.15) is 6.04 Å². The van der Waals surface area contributed by atoms with Crippen LogP contribution in [0.15, 0.2) is 55.0 Å². The molecule has 3 rings (SSSR count). The van der Waals surface area contributed by atoms with Crippen LogP contribution in [0, 0.1) is 0 Å². The molecule has 8 nitrogen and oxygen atoms in total. The van der Waals surface area contributed by atoms with Crippen LogP contribution in [0.3, 0.4) is 0 Å². The number of anilines is 3. The molecular formula is C22H21Cl2N5O3. The lowest BCUT2D eigenvalue weighted by atomic mass is 10.0. The van der Waals surface area contributed by atoms with E-state index >= 15 is 0 Å². The second-order valence-corrected chi connectivity index (χ2v) is 7.54. The minimum atomic E-state index is -0.960. The molecule has 10 heteroatoms. The summed E-state index contributed by atoms with van der Waals surface area (Å²) in [5.74, 6) is -0.660. The number of ether oxygens (including phenoxy) is 1. The Morgan fingerprint density at radius 1 is 1.16 bits per heavy atom. The van der Waals surface area contributed by atoms with Gasteiger partial charge < -0.3 is 21.1 Å². The number of hydrogen-bond acceptors (Lipinski definition) is 7. The Hall–Kier alpha value is -3.36. The fraction of sp³-hybridized carbons (Fsp3) is 0.182. The maximum absolute atomic E-state index is 12.8. The average molecular weight is 474 g/mol. The molecule has 0 aliphatic carbocycles. The van der Waals surface area contributed by atoms with Crippen molar-refractivity contribution in [3.8, 4) is 0 Å². The largest absolute Gasteiger partial charge is 0.464 e. The van der Waals surface area contributed by atoms with Crippen LogP contribution >= 0.6 is 23.2 Å². The Bertz CT molecular complexity index is 1110. The number of halogens is 2. The summed E-state index contributed by atoms with van der Waals surface area (Å²) >= 11 is 12.1. The Kier molecular flexibility index (Phi) is 7.86. The summed E-state index contributed by atoms with van der Waals surface area (Å²) in [6, 6.07) is 9.84. The zero-order valence-electron chi connectivity index (χ0n) is 17.1. The van der Waals surface area contributed by atoms with Gasteiger partial charge in [0.25, 0.3) is 5.91 Å². The highest BCUT2D eigenvalue weighted by Gasteiger charge is 2.25. The van der Waals surface area contributed by atoms with Gasteiger partial charge in [0.2, 0.25) is 0 Å². The SMILES string of the molecule is CCOC(=O)[C@H](Cc1cccc(Nc2ncccc2N)c1)NC(=O)c1c(Cl)cncc1Cl. The van der Waals surface area contributed by atoms with Crippen LogP contribution < -0.4 is 16.4 Å². The summed E-state index contributed by atoms with van der Waals surface area (Å²) in [5.41, 5.74) is 7.97. The third-order valence-corrected chi connectivity index (χ3v) is 5.00. The van der Waals surface area contributed by atoms with E-state index in [-0.39, 0.29) is 28.6 Å². The predicted molar refractivity (Wildman–Crippen MR) is 124 cm³/mol. The first kappa shape index (κ1) is 23.3. The van der Waals surface area contributed by atoms with Gasteiger partial charge in [-0.3, -0.25) is 9.78 Å². The number of aromatic nitrogens is 2. The summed E-state index contributed by atoms with van der Waals surface area (Å²) in [6.45, 7) is 1.86. The lowest BCUT2D eigenvalue weighted by Gasteiger charge is -2.19. The zero-order valence-corrected chi connectivity index (χ0v) is 18.7. The van der Waals surface area contributed by atoms with Crippen molar-refractivity contribution >= 4 is 52.3 Å². The van der Waals surface area contributed by atoms with Gasteiger partial charge in [-0.15, -0.1) is 0 Å². The molecule has 0 aliphatic rings. The van der Waals surface area contributed by atoms with Crippen LogP contribution in [0.2, 0.25) is 10.0 Å². The monoisotopic (exact) mass is 473 g/mol. The van der Waals surface area contributed by atoms with E-state index in [2.05, 4.69) is 20.6 Å². The summed E-state index contributed by atoms with van der Waals surface area (Å²) in [5, 5.41) is 5.96. The molecule has 32 heavy (non-hydrogen) atoms. The maximum Gasteiger partial charge on any atom is 0.328 e. The van der Waals surface area contributed by atoms with Crippen LogP contribution in [0.25, 0.3) is 0 Å². The van der Waals surface area contributed by atoms with Crippen LogP contribution in [0.5, 0.6) is 0 Å². The average Bonchev–Trinajstić information content (AvgIpc) is 2.75.